The lowest BCUT2D eigenvalue weighted by molar-refractivity contribution is -0.138. The molecule has 26 heavy (non-hydrogen) atoms. The maximum atomic E-state index is 13.3. The second kappa shape index (κ2) is 6.78. The number of hydrogen-bond acceptors (Lipinski definition) is 1. The standard InChI is InChI=1S/C17H10Cl2F6O/c1-7-3-5-9(16(20,21)22)11(13(7)18)15(26)12-10(17(23,24)25)6-4-8(2)14(12)19/h3-6H,1-2H3. The van der Waals surface area contributed by atoms with Gasteiger partial charge in [0.25, 0.3) is 0 Å². The van der Waals surface area contributed by atoms with Crippen LogP contribution >= 0.6 is 23.2 Å². The molecule has 2 rings (SSSR count). The van der Waals surface area contributed by atoms with E-state index in [1.807, 2.05) is 0 Å². The summed E-state index contributed by atoms with van der Waals surface area (Å²) in [5, 5.41) is -1.15. The summed E-state index contributed by atoms with van der Waals surface area (Å²) >= 11 is 11.7. The van der Waals surface area contributed by atoms with Gasteiger partial charge in [-0.2, -0.15) is 26.3 Å². The third-order valence-corrected chi connectivity index (χ3v) is 4.71. The van der Waals surface area contributed by atoms with Gasteiger partial charge < -0.3 is 0 Å². The van der Waals surface area contributed by atoms with Crippen LogP contribution in [-0.4, -0.2) is 5.78 Å². The highest BCUT2D eigenvalue weighted by Crippen LogP contribution is 2.42. The van der Waals surface area contributed by atoms with Gasteiger partial charge in [-0.25, -0.2) is 0 Å². The molecule has 140 valence electrons. The van der Waals surface area contributed by atoms with Crippen LogP contribution in [0.1, 0.15) is 38.2 Å². The average Bonchev–Trinajstić information content (AvgIpc) is 2.49. The van der Waals surface area contributed by atoms with E-state index < -0.39 is 50.4 Å². The Bertz CT molecular complexity index is 813. The van der Waals surface area contributed by atoms with Crippen molar-refractivity contribution in [1.82, 2.24) is 0 Å². The highest BCUT2D eigenvalue weighted by atomic mass is 35.5. The normalized spacial score (nSPS) is 12.4. The molecule has 0 aliphatic rings. The highest BCUT2D eigenvalue weighted by molar-refractivity contribution is 6.39. The first-order valence-electron chi connectivity index (χ1n) is 7.04. The van der Waals surface area contributed by atoms with Crippen LogP contribution in [0, 0.1) is 13.8 Å². The minimum absolute atomic E-state index is 0.111. The molecule has 0 heterocycles. The quantitative estimate of drug-likeness (QED) is 0.386. The number of carbonyl (C=O) groups excluding carboxylic acids is 1. The Morgan fingerprint density at radius 1 is 0.731 bits per heavy atom. The van der Waals surface area contributed by atoms with Crippen LogP contribution in [-0.2, 0) is 12.4 Å². The van der Waals surface area contributed by atoms with Crippen molar-refractivity contribution < 1.29 is 31.1 Å². The first-order valence-corrected chi connectivity index (χ1v) is 7.79. The van der Waals surface area contributed by atoms with Gasteiger partial charge in [-0.3, -0.25) is 4.79 Å². The number of aryl methyl sites for hydroxylation is 2. The molecule has 0 saturated carbocycles. The van der Waals surface area contributed by atoms with E-state index in [9.17, 15) is 31.1 Å². The summed E-state index contributed by atoms with van der Waals surface area (Å²) in [5.74, 6) is -1.54. The van der Waals surface area contributed by atoms with Crippen molar-refractivity contribution in [3.63, 3.8) is 0 Å². The molecule has 9 heteroatoms. The first-order chi connectivity index (χ1) is 11.8. The van der Waals surface area contributed by atoms with Gasteiger partial charge in [0, 0.05) is 0 Å². The van der Waals surface area contributed by atoms with Crippen molar-refractivity contribution in [2.75, 3.05) is 0 Å². The zero-order chi connectivity index (χ0) is 20.0. The fourth-order valence-electron chi connectivity index (χ4n) is 2.40. The molecule has 0 aromatic heterocycles. The molecule has 0 aliphatic carbocycles. The molecule has 0 atom stereocenters. The van der Waals surface area contributed by atoms with E-state index in [4.69, 9.17) is 23.2 Å². The number of ketones is 1. The van der Waals surface area contributed by atoms with E-state index >= 15 is 0 Å². The Kier molecular flexibility index (Phi) is 5.36. The predicted molar refractivity (Wildman–Crippen MR) is 85.8 cm³/mol. The van der Waals surface area contributed by atoms with Crippen molar-refractivity contribution in [2.45, 2.75) is 26.2 Å². The number of benzene rings is 2. The summed E-state index contributed by atoms with van der Waals surface area (Å²) in [5.41, 5.74) is -4.75. The summed E-state index contributed by atoms with van der Waals surface area (Å²) in [7, 11) is 0. The van der Waals surface area contributed by atoms with Crippen LogP contribution in [0.15, 0.2) is 24.3 Å². The van der Waals surface area contributed by atoms with Crippen LogP contribution in [0.3, 0.4) is 0 Å². The Morgan fingerprint density at radius 2 is 1.04 bits per heavy atom. The second-order valence-corrected chi connectivity index (χ2v) is 6.32. The van der Waals surface area contributed by atoms with E-state index in [-0.39, 0.29) is 11.1 Å². The summed E-state index contributed by atoms with van der Waals surface area (Å²) < 4.78 is 79.7. The van der Waals surface area contributed by atoms with E-state index in [1.165, 1.54) is 13.8 Å². The molecule has 0 radical (unpaired) electrons. The summed E-state index contributed by atoms with van der Waals surface area (Å²) in [6, 6.07) is 3.27. The van der Waals surface area contributed by atoms with Crippen molar-refractivity contribution in [2.24, 2.45) is 0 Å². The first kappa shape index (κ1) is 20.6. The van der Waals surface area contributed by atoms with Crippen LogP contribution in [0.5, 0.6) is 0 Å². The third kappa shape index (κ3) is 3.69. The monoisotopic (exact) mass is 414 g/mol. The van der Waals surface area contributed by atoms with Crippen molar-refractivity contribution >= 4 is 29.0 Å². The zero-order valence-corrected chi connectivity index (χ0v) is 14.8. The SMILES string of the molecule is Cc1ccc(C(F)(F)F)c(C(=O)c2c(C(F)(F)F)ccc(C)c2Cl)c1Cl. The molecular weight excluding hydrogens is 405 g/mol. The second-order valence-electron chi connectivity index (χ2n) is 5.56. The lowest BCUT2D eigenvalue weighted by atomic mass is 9.92. The van der Waals surface area contributed by atoms with Crippen LogP contribution in [0.25, 0.3) is 0 Å². The topological polar surface area (TPSA) is 17.1 Å². The molecule has 0 aliphatic heterocycles. The van der Waals surface area contributed by atoms with Crippen LogP contribution in [0.4, 0.5) is 26.3 Å². The Morgan fingerprint density at radius 3 is 1.31 bits per heavy atom. The molecule has 1 nitrogen and oxygen atoms in total. The van der Waals surface area contributed by atoms with E-state index in [0.717, 1.165) is 12.1 Å². The molecule has 2 aromatic rings. The van der Waals surface area contributed by atoms with Gasteiger partial charge in [-0.1, -0.05) is 35.3 Å². The smallest absolute Gasteiger partial charge is 0.288 e. The number of carbonyl (C=O) groups is 1. The molecule has 0 amide bonds. The van der Waals surface area contributed by atoms with Crippen LogP contribution < -0.4 is 0 Å². The van der Waals surface area contributed by atoms with Gasteiger partial charge in [0.05, 0.1) is 32.3 Å². The summed E-state index contributed by atoms with van der Waals surface area (Å²) in [6.07, 6.45) is -9.98. The van der Waals surface area contributed by atoms with Gasteiger partial charge in [0.15, 0.2) is 5.78 Å². The Labute approximate surface area is 154 Å². The zero-order valence-electron chi connectivity index (χ0n) is 13.2. The molecule has 0 fully saturated rings. The van der Waals surface area contributed by atoms with Crippen LogP contribution in [0.2, 0.25) is 10.0 Å². The molecule has 2 aromatic carbocycles. The number of hydrogen-bond donors (Lipinski definition) is 0. The van der Waals surface area contributed by atoms with Gasteiger partial charge >= 0.3 is 12.4 Å². The minimum atomic E-state index is -4.99. The van der Waals surface area contributed by atoms with E-state index in [0.29, 0.717) is 12.1 Å². The van der Waals surface area contributed by atoms with Gasteiger partial charge in [-0.15, -0.1) is 0 Å². The fourth-order valence-corrected chi connectivity index (χ4v) is 2.90. The molecule has 0 spiro atoms. The fraction of sp³-hybridized carbons (Fsp3) is 0.235. The lowest BCUT2D eigenvalue weighted by Crippen LogP contribution is -2.19. The predicted octanol–water partition coefficient (Wildman–Crippen LogP) is 6.88. The largest absolute Gasteiger partial charge is 0.417 e. The van der Waals surface area contributed by atoms with Gasteiger partial charge in [0.2, 0.25) is 0 Å². The number of halogens is 8. The molecular formula is C17H10Cl2F6O. The van der Waals surface area contributed by atoms with E-state index in [1.54, 1.807) is 0 Å². The average molecular weight is 415 g/mol. The number of alkyl halides is 6. The third-order valence-electron chi connectivity index (χ3n) is 3.74. The molecule has 0 N–H and O–H groups in total. The maximum Gasteiger partial charge on any atom is 0.417 e. The van der Waals surface area contributed by atoms with E-state index in [2.05, 4.69) is 0 Å². The number of rotatable bonds is 2. The summed E-state index contributed by atoms with van der Waals surface area (Å²) in [4.78, 5) is 12.8. The van der Waals surface area contributed by atoms with Gasteiger partial charge in [0.1, 0.15) is 0 Å². The van der Waals surface area contributed by atoms with Gasteiger partial charge in [-0.05, 0) is 37.1 Å². The minimum Gasteiger partial charge on any atom is -0.288 e. The van der Waals surface area contributed by atoms with Crippen molar-refractivity contribution in [3.8, 4) is 0 Å². The highest BCUT2D eigenvalue weighted by Gasteiger charge is 2.41. The Hall–Kier alpha value is -1.73. The summed E-state index contributed by atoms with van der Waals surface area (Å²) in [6.45, 7) is 2.67. The molecule has 0 saturated heterocycles. The molecule has 0 unspecified atom stereocenters. The molecule has 0 bridgehead atoms. The Balaban J connectivity index is 2.88. The van der Waals surface area contributed by atoms with Crippen molar-refractivity contribution in [1.29, 1.82) is 0 Å². The lowest BCUT2D eigenvalue weighted by Gasteiger charge is -2.19. The maximum absolute atomic E-state index is 13.3. The van der Waals surface area contributed by atoms with Crippen molar-refractivity contribution in [3.05, 3.63) is 67.7 Å².